The molecule has 0 aliphatic carbocycles. The Labute approximate surface area is 70.7 Å². The Balaban J connectivity index is 4.05. The van der Waals surface area contributed by atoms with Crippen LogP contribution < -0.4 is 0 Å². The van der Waals surface area contributed by atoms with Crippen LogP contribution in [-0.4, -0.2) is 25.6 Å². The van der Waals surface area contributed by atoms with Crippen molar-refractivity contribution in [2.24, 2.45) is 0 Å². The van der Waals surface area contributed by atoms with Crippen molar-refractivity contribution in [2.45, 2.75) is 31.3 Å². The predicted octanol–water partition coefficient (Wildman–Crippen LogP) is 2.91. The average Bonchev–Trinajstić information content (AvgIpc) is 1.79. The maximum Gasteiger partial charge on any atom is 0.391 e. The second kappa shape index (κ2) is 4.17. The topological polar surface area (TPSA) is 9.23 Å². The van der Waals surface area contributed by atoms with Gasteiger partial charge in [0, 0.05) is 7.11 Å². The fourth-order valence-corrected chi connectivity index (χ4v) is 0.755. The average molecular weight is 210 g/mol. The van der Waals surface area contributed by atoms with E-state index in [0.29, 0.717) is 0 Å². The van der Waals surface area contributed by atoms with Gasteiger partial charge in [0.25, 0.3) is 0 Å². The highest BCUT2D eigenvalue weighted by molar-refractivity contribution is 4.67. The molecule has 0 unspecified atom stereocenters. The van der Waals surface area contributed by atoms with Gasteiger partial charge < -0.3 is 4.74 Å². The number of hydrogen-bond acceptors (Lipinski definition) is 1. The van der Waals surface area contributed by atoms with E-state index in [1.165, 1.54) is 0 Å². The zero-order chi connectivity index (χ0) is 10.7. The number of alkyl halides is 6. The molecule has 0 bridgehead atoms. The summed E-state index contributed by atoms with van der Waals surface area (Å²) in [6.07, 6.45) is -14.3. The van der Waals surface area contributed by atoms with E-state index in [9.17, 15) is 26.3 Å². The van der Waals surface area contributed by atoms with Crippen molar-refractivity contribution in [3.8, 4) is 0 Å². The van der Waals surface area contributed by atoms with Crippen LogP contribution in [0.25, 0.3) is 0 Å². The number of ether oxygens (including phenoxy) is 1. The summed E-state index contributed by atoms with van der Waals surface area (Å²) in [5.41, 5.74) is 0. The normalized spacial score (nSPS) is 13.8. The smallest absolute Gasteiger partial charge is 0.381 e. The molecule has 0 saturated heterocycles. The van der Waals surface area contributed by atoms with Gasteiger partial charge >= 0.3 is 12.4 Å². The Morgan fingerprint density at radius 2 is 1.23 bits per heavy atom. The summed E-state index contributed by atoms with van der Waals surface area (Å²) in [6, 6.07) is 0. The molecule has 0 N–H and O–H groups in total. The van der Waals surface area contributed by atoms with Crippen molar-refractivity contribution < 1.29 is 31.1 Å². The molecular weight excluding hydrogens is 202 g/mol. The molecule has 0 spiro atoms. The van der Waals surface area contributed by atoms with Gasteiger partial charge in [-0.05, 0) is 0 Å². The summed E-state index contributed by atoms with van der Waals surface area (Å²) < 4.78 is 73.8. The maximum absolute atomic E-state index is 11.6. The van der Waals surface area contributed by atoms with E-state index >= 15 is 0 Å². The summed E-state index contributed by atoms with van der Waals surface area (Å²) in [4.78, 5) is 0. The van der Waals surface area contributed by atoms with Crippen molar-refractivity contribution in [1.82, 2.24) is 0 Å². The van der Waals surface area contributed by atoms with Crippen LogP contribution in [0.15, 0.2) is 0 Å². The van der Waals surface area contributed by atoms with Gasteiger partial charge in [0.1, 0.15) is 0 Å². The molecule has 0 amide bonds. The maximum atomic E-state index is 11.6. The van der Waals surface area contributed by atoms with Crippen molar-refractivity contribution in [1.29, 1.82) is 0 Å². The van der Waals surface area contributed by atoms with Gasteiger partial charge in [0.05, 0.1) is 18.9 Å². The van der Waals surface area contributed by atoms with Crippen LogP contribution in [0.2, 0.25) is 0 Å². The van der Waals surface area contributed by atoms with Gasteiger partial charge in [-0.25, -0.2) is 0 Å². The minimum absolute atomic E-state index is 0.822. The second-order valence-electron chi connectivity index (χ2n) is 2.50. The zero-order valence-electron chi connectivity index (χ0n) is 6.67. The number of halogens is 6. The Morgan fingerprint density at radius 1 is 0.923 bits per heavy atom. The summed E-state index contributed by atoms with van der Waals surface area (Å²) >= 11 is 0. The molecule has 7 heteroatoms. The molecule has 0 aliphatic heterocycles. The molecule has 0 aromatic heterocycles. The summed E-state index contributed by atoms with van der Waals surface area (Å²) in [6.45, 7) is 0. The Kier molecular flexibility index (Phi) is 4.02. The molecule has 1 nitrogen and oxygen atoms in total. The third-order valence-corrected chi connectivity index (χ3v) is 1.25. The molecule has 13 heavy (non-hydrogen) atoms. The first kappa shape index (κ1) is 12.5. The van der Waals surface area contributed by atoms with Crippen LogP contribution in [0.5, 0.6) is 0 Å². The molecule has 80 valence electrons. The van der Waals surface area contributed by atoms with E-state index in [0.717, 1.165) is 7.11 Å². The number of hydrogen-bond donors (Lipinski definition) is 0. The monoisotopic (exact) mass is 210 g/mol. The zero-order valence-corrected chi connectivity index (χ0v) is 6.67. The molecule has 0 atom stereocenters. The molecule has 0 aliphatic rings. The van der Waals surface area contributed by atoms with E-state index in [1.807, 2.05) is 0 Å². The van der Waals surface area contributed by atoms with Crippen LogP contribution in [0.3, 0.4) is 0 Å². The molecular formula is C6H8F6O. The minimum atomic E-state index is -4.63. The largest absolute Gasteiger partial charge is 0.391 e. The van der Waals surface area contributed by atoms with E-state index in [4.69, 9.17) is 0 Å². The molecule has 0 rings (SSSR count). The lowest BCUT2D eigenvalue weighted by molar-refractivity contribution is -0.190. The third kappa shape index (κ3) is 7.89. The van der Waals surface area contributed by atoms with Crippen LogP contribution in [0, 0.1) is 0 Å². The van der Waals surface area contributed by atoms with Gasteiger partial charge in [0.2, 0.25) is 0 Å². The van der Waals surface area contributed by atoms with Crippen molar-refractivity contribution in [2.75, 3.05) is 7.11 Å². The fourth-order valence-electron chi connectivity index (χ4n) is 0.755. The number of rotatable bonds is 3. The predicted molar refractivity (Wildman–Crippen MR) is 32.1 cm³/mol. The lowest BCUT2D eigenvalue weighted by Crippen LogP contribution is -2.27. The van der Waals surface area contributed by atoms with Gasteiger partial charge in [0.15, 0.2) is 0 Å². The van der Waals surface area contributed by atoms with Gasteiger partial charge in [-0.15, -0.1) is 0 Å². The van der Waals surface area contributed by atoms with Crippen molar-refractivity contribution >= 4 is 0 Å². The molecule has 0 aromatic rings. The molecule has 0 aromatic carbocycles. The second-order valence-corrected chi connectivity index (χ2v) is 2.50. The third-order valence-electron chi connectivity index (χ3n) is 1.25. The van der Waals surface area contributed by atoms with Crippen LogP contribution in [0.1, 0.15) is 12.8 Å². The first-order chi connectivity index (χ1) is 5.64. The molecule has 0 fully saturated rings. The fraction of sp³-hybridized carbons (Fsp3) is 1.00. The highest BCUT2D eigenvalue weighted by Crippen LogP contribution is 2.29. The minimum Gasteiger partial charge on any atom is -0.381 e. The summed E-state index contributed by atoms with van der Waals surface area (Å²) in [5.74, 6) is 0. The van der Waals surface area contributed by atoms with Crippen molar-refractivity contribution in [3.05, 3.63) is 0 Å². The van der Waals surface area contributed by atoms with E-state index in [-0.39, 0.29) is 0 Å². The first-order valence-electron chi connectivity index (χ1n) is 3.30. The van der Waals surface area contributed by atoms with Gasteiger partial charge in [-0.3, -0.25) is 0 Å². The highest BCUT2D eigenvalue weighted by Gasteiger charge is 2.38. The standard InChI is InChI=1S/C6H8F6O/c1-13-4(2-5(7,8)9)3-6(10,11)12/h4H,2-3H2,1H3. The van der Waals surface area contributed by atoms with Crippen LogP contribution in [-0.2, 0) is 4.74 Å². The van der Waals surface area contributed by atoms with Crippen LogP contribution in [0.4, 0.5) is 26.3 Å². The van der Waals surface area contributed by atoms with E-state index in [1.54, 1.807) is 0 Å². The lowest BCUT2D eigenvalue weighted by Gasteiger charge is -2.18. The highest BCUT2D eigenvalue weighted by atomic mass is 19.4. The lowest BCUT2D eigenvalue weighted by atomic mass is 10.2. The SMILES string of the molecule is COC(CC(F)(F)F)CC(F)(F)F. The summed E-state index contributed by atoms with van der Waals surface area (Å²) in [7, 11) is 0.822. The molecule has 0 heterocycles. The Morgan fingerprint density at radius 3 is 1.38 bits per heavy atom. The first-order valence-corrected chi connectivity index (χ1v) is 3.30. The molecule has 0 saturated carbocycles. The van der Waals surface area contributed by atoms with Crippen LogP contribution >= 0.6 is 0 Å². The number of methoxy groups -OCH3 is 1. The Hall–Kier alpha value is -0.460. The molecule has 0 radical (unpaired) electrons. The van der Waals surface area contributed by atoms with Crippen molar-refractivity contribution in [3.63, 3.8) is 0 Å². The quantitative estimate of drug-likeness (QED) is 0.651. The Bertz CT molecular complexity index is 132. The van der Waals surface area contributed by atoms with Gasteiger partial charge in [-0.2, -0.15) is 26.3 Å². The van der Waals surface area contributed by atoms with Gasteiger partial charge in [-0.1, -0.05) is 0 Å². The summed E-state index contributed by atoms with van der Waals surface area (Å²) in [5, 5.41) is 0. The van der Waals surface area contributed by atoms with E-state index < -0.39 is 31.3 Å². The van der Waals surface area contributed by atoms with E-state index in [2.05, 4.69) is 4.74 Å².